The molecule has 0 atom stereocenters. The number of nitrogens with zero attached hydrogens (tertiary/aromatic N) is 2. The maximum absolute atomic E-state index is 11.2. The van der Waals surface area contributed by atoms with Gasteiger partial charge in [-0.15, -0.1) is 12.4 Å². The first kappa shape index (κ1) is 15.3. The Hall–Kier alpha value is -1.79. The van der Waals surface area contributed by atoms with E-state index in [2.05, 4.69) is 4.98 Å². The van der Waals surface area contributed by atoms with Gasteiger partial charge in [0.05, 0.1) is 13.7 Å². The lowest BCUT2D eigenvalue weighted by molar-refractivity contribution is 0.0698. The fourth-order valence-electron chi connectivity index (χ4n) is 1.88. The molecular weight excluding hydrogens is 272 g/mol. The highest BCUT2D eigenvalue weighted by molar-refractivity contribution is 6.03. The van der Waals surface area contributed by atoms with Gasteiger partial charge in [-0.25, -0.2) is 4.79 Å². The van der Waals surface area contributed by atoms with E-state index in [0.29, 0.717) is 29.9 Å². The summed E-state index contributed by atoms with van der Waals surface area (Å²) in [5.74, 6) is -0.402. The van der Waals surface area contributed by atoms with Crippen molar-refractivity contribution in [3.05, 3.63) is 24.0 Å². The lowest BCUT2D eigenvalue weighted by atomic mass is 10.2. The Morgan fingerprint density at radius 3 is 2.79 bits per heavy atom. The molecule has 0 aliphatic heterocycles. The number of fused-ring (bicyclic) bond motifs is 1. The Bertz CT molecular complexity index is 582. The summed E-state index contributed by atoms with van der Waals surface area (Å²) >= 11 is 0. The van der Waals surface area contributed by atoms with Crippen LogP contribution in [-0.4, -0.2) is 41.5 Å². The molecule has 0 spiro atoms. The summed E-state index contributed by atoms with van der Waals surface area (Å²) in [6.07, 6.45) is 3.09. The molecule has 0 aliphatic carbocycles. The normalized spacial score (nSPS) is 10.2. The molecule has 104 valence electrons. The summed E-state index contributed by atoms with van der Waals surface area (Å²) in [7, 11) is 3.14. The van der Waals surface area contributed by atoms with Crippen molar-refractivity contribution in [2.45, 2.75) is 6.54 Å². The molecule has 2 heterocycles. The van der Waals surface area contributed by atoms with Crippen LogP contribution in [0.1, 0.15) is 10.4 Å². The number of hydrogen-bond donors (Lipinski definition) is 1. The number of aromatic nitrogens is 2. The zero-order valence-corrected chi connectivity index (χ0v) is 11.4. The number of methoxy groups -OCH3 is 2. The summed E-state index contributed by atoms with van der Waals surface area (Å²) in [6, 6.07) is 1.71. The van der Waals surface area contributed by atoms with Crippen molar-refractivity contribution in [3.63, 3.8) is 0 Å². The molecule has 0 aromatic carbocycles. The van der Waals surface area contributed by atoms with E-state index in [0.717, 1.165) is 0 Å². The van der Waals surface area contributed by atoms with Crippen molar-refractivity contribution < 1.29 is 19.4 Å². The quantitative estimate of drug-likeness (QED) is 0.907. The first-order valence-corrected chi connectivity index (χ1v) is 5.43. The summed E-state index contributed by atoms with van der Waals surface area (Å²) in [5.41, 5.74) is 1.27. The lowest BCUT2D eigenvalue weighted by Gasteiger charge is -2.07. The third-order valence-electron chi connectivity index (χ3n) is 2.70. The van der Waals surface area contributed by atoms with Crippen LogP contribution in [0.3, 0.4) is 0 Å². The second-order valence-electron chi connectivity index (χ2n) is 3.74. The van der Waals surface area contributed by atoms with Gasteiger partial charge in [-0.3, -0.25) is 4.98 Å². The average Bonchev–Trinajstić information content (AvgIpc) is 2.75. The fraction of sp³-hybridized carbons (Fsp3) is 0.333. The van der Waals surface area contributed by atoms with E-state index >= 15 is 0 Å². The summed E-state index contributed by atoms with van der Waals surface area (Å²) < 4.78 is 12.0. The molecule has 0 bridgehead atoms. The van der Waals surface area contributed by atoms with Crippen molar-refractivity contribution in [1.29, 1.82) is 0 Å². The second kappa shape index (κ2) is 6.40. The third kappa shape index (κ3) is 2.80. The predicted molar refractivity (Wildman–Crippen MR) is 72.4 cm³/mol. The minimum atomic E-state index is -1.00. The van der Waals surface area contributed by atoms with Crippen LogP contribution in [0.25, 0.3) is 11.0 Å². The molecule has 0 unspecified atom stereocenters. The lowest BCUT2D eigenvalue weighted by Crippen LogP contribution is -2.03. The van der Waals surface area contributed by atoms with Crippen LogP contribution < -0.4 is 4.74 Å². The molecule has 0 radical (unpaired) electrons. The van der Waals surface area contributed by atoms with Gasteiger partial charge in [0.15, 0.2) is 0 Å². The number of pyridine rings is 1. The summed E-state index contributed by atoms with van der Waals surface area (Å²) in [5, 5.41) is 9.16. The molecule has 2 rings (SSSR count). The molecular formula is C12H15ClN2O4. The Balaban J connectivity index is 0.00000180. The number of carboxylic acid groups (broad SMARTS) is 1. The van der Waals surface area contributed by atoms with Gasteiger partial charge >= 0.3 is 5.97 Å². The largest absolute Gasteiger partial charge is 0.494 e. The van der Waals surface area contributed by atoms with E-state index in [1.54, 1.807) is 31.0 Å². The minimum absolute atomic E-state index is 0. The monoisotopic (exact) mass is 286 g/mol. The number of carbonyl (C=O) groups is 1. The predicted octanol–water partition coefficient (Wildman–Crippen LogP) is 1.81. The van der Waals surface area contributed by atoms with E-state index in [1.807, 2.05) is 0 Å². The zero-order chi connectivity index (χ0) is 13.1. The molecule has 0 fully saturated rings. The molecule has 0 saturated heterocycles. The minimum Gasteiger partial charge on any atom is -0.494 e. The maximum Gasteiger partial charge on any atom is 0.339 e. The van der Waals surface area contributed by atoms with E-state index in [-0.39, 0.29) is 18.0 Å². The van der Waals surface area contributed by atoms with Gasteiger partial charge < -0.3 is 19.1 Å². The number of ether oxygens (including phenoxy) is 2. The van der Waals surface area contributed by atoms with Gasteiger partial charge in [-0.1, -0.05) is 0 Å². The van der Waals surface area contributed by atoms with Crippen LogP contribution in [-0.2, 0) is 11.3 Å². The zero-order valence-electron chi connectivity index (χ0n) is 10.6. The molecule has 1 N–H and O–H groups in total. The summed E-state index contributed by atoms with van der Waals surface area (Å²) in [6.45, 7) is 1.03. The van der Waals surface area contributed by atoms with Gasteiger partial charge in [-0.2, -0.15) is 0 Å². The molecule has 2 aromatic heterocycles. The van der Waals surface area contributed by atoms with E-state index < -0.39 is 5.97 Å². The number of aromatic carboxylic acids is 1. The Labute approximate surface area is 116 Å². The highest BCUT2D eigenvalue weighted by Crippen LogP contribution is 2.27. The molecule has 6 nitrogen and oxygen atoms in total. The van der Waals surface area contributed by atoms with Crippen LogP contribution in [0, 0.1) is 0 Å². The second-order valence-corrected chi connectivity index (χ2v) is 3.74. The van der Waals surface area contributed by atoms with E-state index in [1.165, 1.54) is 6.20 Å². The van der Waals surface area contributed by atoms with Crippen molar-refractivity contribution >= 4 is 29.4 Å². The van der Waals surface area contributed by atoms with E-state index in [4.69, 9.17) is 14.6 Å². The van der Waals surface area contributed by atoms with Crippen LogP contribution in [0.2, 0.25) is 0 Å². The van der Waals surface area contributed by atoms with Crippen LogP contribution in [0.15, 0.2) is 18.5 Å². The van der Waals surface area contributed by atoms with Gasteiger partial charge in [-0.05, 0) is 0 Å². The molecule has 2 aromatic rings. The highest BCUT2D eigenvalue weighted by atomic mass is 35.5. The van der Waals surface area contributed by atoms with Gasteiger partial charge in [0.2, 0.25) is 0 Å². The molecule has 19 heavy (non-hydrogen) atoms. The Morgan fingerprint density at radius 1 is 1.47 bits per heavy atom. The highest BCUT2D eigenvalue weighted by Gasteiger charge is 2.18. The number of rotatable bonds is 5. The number of carboxylic acids is 1. The molecule has 0 saturated carbocycles. The van der Waals surface area contributed by atoms with Crippen molar-refractivity contribution in [2.75, 3.05) is 20.8 Å². The van der Waals surface area contributed by atoms with Crippen LogP contribution in [0.4, 0.5) is 0 Å². The molecule has 0 aliphatic rings. The molecule has 7 heteroatoms. The smallest absolute Gasteiger partial charge is 0.339 e. The van der Waals surface area contributed by atoms with Gasteiger partial charge in [0, 0.05) is 32.1 Å². The molecule has 0 amide bonds. The van der Waals surface area contributed by atoms with Gasteiger partial charge in [0.25, 0.3) is 0 Å². The topological polar surface area (TPSA) is 73.6 Å². The Kier molecular flexibility index (Phi) is 5.14. The first-order valence-electron chi connectivity index (χ1n) is 5.43. The SMILES string of the molecule is COCCn1cc(C(=O)O)c2nccc(OC)c21.Cl. The average molecular weight is 287 g/mol. The van der Waals surface area contributed by atoms with Crippen molar-refractivity contribution in [2.24, 2.45) is 0 Å². The van der Waals surface area contributed by atoms with Crippen LogP contribution in [0.5, 0.6) is 5.75 Å². The maximum atomic E-state index is 11.2. The Morgan fingerprint density at radius 2 is 2.21 bits per heavy atom. The van der Waals surface area contributed by atoms with Crippen LogP contribution >= 0.6 is 12.4 Å². The first-order chi connectivity index (χ1) is 8.69. The number of halogens is 1. The van der Waals surface area contributed by atoms with E-state index in [9.17, 15) is 4.79 Å². The third-order valence-corrected chi connectivity index (χ3v) is 2.70. The standard InChI is InChI=1S/C12H14N2O4.ClH/c1-17-6-5-14-7-8(12(15)16)10-11(14)9(18-2)3-4-13-10;/h3-4,7H,5-6H2,1-2H3,(H,15,16);1H. The fourth-order valence-corrected chi connectivity index (χ4v) is 1.88. The van der Waals surface area contributed by atoms with Gasteiger partial charge in [0.1, 0.15) is 22.3 Å². The van der Waals surface area contributed by atoms with Crippen molar-refractivity contribution in [3.8, 4) is 5.75 Å². The number of hydrogen-bond acceptors (Lipinski definition) is 4. The van der Waals surface area contributed by atoms with Crippen molar-refractivity contribution in [1.82, 2.24) is 9.55 Å². The summed E-state index contributed by atoms with van der Waals surface area (Å²) in [4.78, 5) is 15.3.